The molecule has 1 aromatic heterocycles. The first-order valence-electron chi connectivity index (χ1n) is 10.5. The van der Waals surface area contributed by atoms with E-state index in [-0.39, 0.29) is 22.8 Å². The van der Waals surface area contributed by atoms with Crippen LogP contribution in [0.25, 0.3) is 6.08 Å². The Hall–Kier alpha value is -3.97. The Morgan fingerprint density at radius 3 is 2.43 bits per heavy atom. The van der Waals surface area contributed by atoms with Crippen molar-refractivity contribution in [3.05, 3.63) is 76.8 Å². The van der Waals surface area contributed by atoms with Crippen LogP contribution in [0.2, 0.25) is 0 Å². The summed E-state index contributed by atoms with van der Waals surface area (Å²) < 4.78 is 39.4. The van der Waals surface area contributed by atoms with Gasteiger partial charge in [0, 0.05) is 30.1 Å². The summed E-state index contributed by atoms with van der Waals surface area (Å²) in [5, 5.41) is 10.9. The number of benzene rings is 2. The summed E-state index contributed by atoms with van der Waals surface area (Å²) in [4.78, 5) is 32.1. The Labute approximate surface area is 204 Å². The van der Waals surface area contributed by atoms with Crippen molar-refractivity contribution in [3.63, 3.8) is 0 Å². The smallest absolute Gasteiger partial charge is 0.306 e. The van der Waals surface area contributed by atoms with Crippen LogP contribution in [0.15, 0.2) is 60.0 Å². The normalized spacial score (nSPS) is 11.5. The predicted octanol–water partition coefficient (Wildman–Crippen LogP) is 6.17. The number of hydrogen-bond acceptors (Lipinski definition) is 5. The van der Waals surface area contributed by atoms with Crippen LogP contribution in [0.1, 0.15) is 37.6 Å². The average Bonchev–Trinajstić information content (AvgIpc) is 3.25. The molecule has 2 amide bonds. The van der Waals surface area contributed by atoms with Gasteiger partial charge < -0.3 is 4.90 Å². The molecule has 0 saturated carbocycles. The summed E-state index contributed by atoms with van der Waals surface area (Å²) in [5.41, 5.74) is 0.522. The van der Waals surface area contributed by atoms with Gasteiger partial charge in [0.15, 0.2) is 5.13 Å². The van der Waals surface area contributed by atoms with Gasteiger partial charge in [0.1, 0.15) is 0 Å². The quantitative estimate of drug-likeness (QED) is 0.381. The van der Waals surface area contributed by atoms with Crippen LogP contribution in [-0.2, 0) is 15.8 Å². The van der Waals surface area contributed by atoms with Gasteiger partial charge in [-0.1, -0.05) is 12.1 Å². The highest BCUT2D eigenvalue weighted by Gasteiger charge is 2.31. The fraction of sp³-hybridized carbons (Fsp3) is 0.200. The molecular formula is C25H21F3N4O2S. The van der Waals surface area contributed by atoms with Crippen LogP contribution in [0.3, 0.4) is 0 Å². The fourth-order valence-electron chi connectivity index (χ4n) is 3.35. The second-order valence-corrected chi connectivity index (χ2v) is 8.59. The number of nitriles is 1. The molecule has 3 rings (SSSR count). The van der Waals surface area contributed by atoms with Crippen molar-refractivity contribution in [2.45, 2.75) is 33.0 Å². The van der Waals surface area contributed by atoms with E-state index in [1.54, 1.807) is 29.6 Å². The van der Waals surface area contributed by atoms with Crippen molar-refractivity contribution in [1.82, 2.24) is 4.98 Å². The molecule has 0 unspecified atom stereocenters. The maximum Gasteiger partial charge on any atom is 0.416 e. The minimum absolute atomic E-state index is 0.0386. The van der Waals surface area contributed by atoms with Gasteiger partial charge in [-0.3, -0.25) is 14.5 Å². The second-order valence-electron chi connectivity index (χ2n) is 7.75. The van der Waals surface area contributed by atoms with Crippen molar-refractivity contribution in [2.75, 3.05) is 9.80 Å². The molecule has 0 atom stereocenters. The molecule has 0 aliphatic rings. The number of rotatable bonds is 6. The Morgan fingerprint density at radius 2 is 1.80 bits per heavy atom. The number of aromatic nitrogens is 1. The van der Waals surface area contributed by atoms with Crippen LogP contribution in [0.5, 0.6) is 0 Å². The maximum absolute atomic E-state index is 13.1. The van der Waals surface area contributed by atoms with Crippen molar-refractivity contribution >= 4 is 45.7 Å². The summed E-state index contributed by atoms with van der Waals surface area (Å²) in [6, 6.07) is 13.0. The minimum atomic E-state index is -4.55. The number of halogens is 3. The van der Waals surface area contributed by atoms with E-state index >= 15 is 0 Å². The van der Waals surface area contributed by atoms with Crippen molar-refractivity contribution in [1.29, 1.82) is 5.26 Å². The standard InChI is InChI=1S/C25H21F3N4O2S/c1-16(2)31(21-8-4-6-18(12-21)14-29)23(34)11-10-20-15-35-24(30-20)32(17(3)33)22-9-5-7-19(13-22)25(26,27)28/h4-13,15-16H,1-3H3. The highest BCUT2D eigenvalue weighted by atomic mass is 32.1. The third-order valence-corrected chi connectivity index (χ3v) is 5.70. The number of anilines is 3. The lowest BCUT2D eigenvalue weighted by Gasteiger charge is -2.25. The van der Waals surface area contributed by atoms with Crippen LogP contribution < -0.4 is 9.80 Å². The number of hydrogen-bond donors (Lipinski definition) is 0. The number of carbonyl (C=O) groups is 2. The van der Waals surface area contributed by atoms with E-state index in [0.29, 0.717) is 16.9 Å². The molecule has 2 aromatic carbocycles. The first-order valence-corrected chi connectivity index (χ1v) is 11.3. The van der Waals surface area contributed by atoms with E-state index in [2.05, 4.69) is 4.98 Å². The van der Waals surface area contributed by atoms with Gasteiger partial charge in [0.2, 0.25) is 5.91 Å². The molecule has 10 heteroatoms. The van der Waals surface area contributed by atoms with Gasteiger partial charge in [0.05, 0.1) is 28.6 Å². The average molecular weight is 499 g/mol. The van der Waals surface area contributed by atoms with Gasteiger partial charge in [-0.25, -0.2) is 4.98 Å². The monoisotopic (exact) mass is 498 g/mol. The molecule has 3 aromatic rings. The molecule has 35 heavy (non-hydrogen) atoms. The molecular weight excluding hydrogens is 477 g/mol. The lowest BCUT2D eigenvalue weighted by atomic mass is 10.1. The molecule has 0 bridgehead atoms. The highest BCUT2D eigenvalue weighted by molar-refractivity contribution is 7.14. The number of carbonyl (C=O) groups excluding carboxylic acids is 2. The molecule has 0 radical (unpaired) electrons. The molecule has 6 nitrogen and oxygen atoms in total. The summed E-state index contributed by atoms with van der Waals surface area (Å²) in [6.07, 6.45) is -1.76. The lowest BCUT2D eigenvalue weighted by molar-refractivity contribution is -0.137. The van der Waals surface area contributed by atoms with Crippen LogP contribution in [0, 0.1) is 11.3 Å². The maximum atomic E-state index is 13.1. The first kappa shape index (κ1) is 25.6. The van der Waals surface area contributed by atoms with E-state index in [9.17, 15) is 22.8 Å². The zero-order valence-electron chi connectivity index (χ0n) is 19.1. The van der Waals surface area contributed by atoms with E-state index in [1.165, 1.54) is 36.1 Å². The summed E-state index contributed by atoms with van der Waals surface area (Å²) >= 11 is 1.06. The zero-order valence-corrected chi connectivity index (χ0v) is 19.9. The molecule has 0 aliphatic carbocycles. The predicted molar refractivity (Wildman–Crippen MR) is 129 cm³/mol. The van der Waals surface area contributed by atoms with Gasteiger partial charge in [-0.05, 0) is 56.3 Å². The largest absolute Gasteiger partial charge is 0.416 e. The number of alkyl halides is 3. The Kier molecular flexibility index (Phi) is 7.71. The van der Waals surface area contributed by atoms with Gasteiger partial charge >= 0.3 is 6.18 Å². The minimum Gasteiger partial charge on any atom is -0.306 e. The van der Waals surface area contributed by atoms with Crippen LogP contribution >= 0.6 is 11.3 Å². The topological polar surface area (TPSA) is 77.3 Å². The third-order valence-electron chi connectivity index (χ3n) is 4.85. The molecule has 180 valence electrons. The van der Waals surface area contributed by atoms with E-state index < -0.39 is 17.6 Å². The summed E-state index contributed by atoms with van der Waals surface area (Å²) in [7, 11) is 0. The van der Waals surface area contributed by atoms with Gasteiger partial charge in [-0.2, -0.15) is 18.4 Å². The summed E-state index contributed by atoms with van der Waals surface area (Å²) in [5.74, 6) is -0.848. The first-order chi connectivity index (χ1) is 16.5. The van der Waals surface area contributed by atoms with Crippen LogP contribution in [0.4, 0.5) is 29.7 Å². The van der Waals surface area contributed by atoms with Crippen molar-refractivity contribution < 1.29 is 22.8 Å². The van der Waals surface area contributed by atoms with Crippen molar-refractivity contribution in [2.24, 2.45) is 0 Å². The Morgan fingerprint density at radius 1 is 1.11 bits per heavy atom. The zero-order chi connectivity index (χ0) is 25.8. The van der Waals surface area contributed by atoms with Crippen LogP contribution in [-0.4, -0.2) is 22.8 Å². The molecule has 0 spiro atoms. The molecule has 1 heterocycles. The van der Waals surface area contributed by atoms with Crippen molar-refractivity contribution in [3.8, 4) is 6.07 Å². The fourth-order valence-corrected chi connectivity index (χ4v) is 4.20. The highest BCUT2D eigenvalue weighted by Crippen LogP contribution is 2.35. The van der Waals surface area contributed by atoms with E-state index in [0.717, 1.165) is 28.4 Å². The number of thiazole rings is 1. The Balaban J connectivity index is 1.86. The third kappa shape index (κ3) is 6.13. The second kappa shape index (κ2) is 10.5. The summed E-state index contributed by atoms with van der Waals surface area (Å²) in [6.45, 7) is 4.91. The number of amides is 2. The number of nitrogens with zero attached hydrogens (tertiary/aromatic N) is 4. The molecule has 0 fully saturated rings. The van der Waals surface area contributed by atoms with E-state index in [4.69, 9.17) is 5.26 Å². The lowest BCUT2D eigenvalue weighted by Crippen LogP contribution is -2.35. The Bertz CT molecular complexity index is 1310. The SMILES string of the molecule is CC(=O)N(c1cccc(C(F)(F)F)c1)c1nc(C=CC(=O)N(c2cccc(C#N)c2)C(C)C)cs1. The van der Waals surface area contributed by atoms with Gasteiger partial charge in [0.25, 0.3) is 5.91 Å². The van der Waals surface area contributed by atoms with E-state index in [1.807, 2.05) is 19.9 Å². The molecule has 0 aliphatic heterocycles. The van der Waals surface area contributed by atoms with Gasteiger partial charge in [-0.15, -0.1) is 11.3 Å². The molecule has 0 saturated heterocycles. The molecule has 0 N–H and O–H groups in total.